The number of rotatable bonds is 5. The van der Waals surface area contributed by atoms with Gasteiger partial charge in [0.25, 0.3) is 0 Å². The Labute approximate surface area is 119 Å². The van der Waals surface area contributed by atoms with Crippen LogP contribution in [0.4, 0.5) is 0 Å². The number of nitrogens with one attached hydrogen (secondary N) is 1. The Kier molecular flexibility index (Phi) is 9.85. The Balaban J connectivity index is 0.00000225. The molecule has 1 aliphatic rings. The van der Waals surface area contributed by atoms with E-state index in [4.69, 9.17) is 4.80 Å². The predicted molar refractivity (Wildman–Crippen MR) is 62.9 cm³/mol. The molecule has 3 nitrogen and oxygen atoms in total. The maximum Gasteiger partial charge on any atom is 0.223 e. The van der Waals surface area contributed by atoms with Gasteiger partial charge in [-0.05, 0) is 31.6 Å². The molecule has 0 aromatic heterocycles. The SMILES string of the molecule is CC1CCC(C(=O)NCCC[SiH-]O)CC1.[Sc]. The minimum atomic E-state index is -0.400. The fourth-order valence-corrected chi connectivity index (χ4v) is 2.46. The Morgan fingerprint density at radius 1 is 1.38 bits per heavy atom. The molecule has 1 fully saturated rings. The zero-order valence-corrected chi connectivity index (χ0v) is 13.1. The Morgan fingerprint density at radius 3 is 2.56 bits per heavy atom. The standard InChI is InChI=1S/C11H22NO2Si.Sc/c1-9-3-5-10(6-4-9)11(13)12-7-2-8-15-14;/h9-10,14-15H,2-8H2,1H3,(H,12,13);/q-1;. The van der Waals surface area contributed by atoms with Crippen molar-refractivity contribution in [1.82, 2.24) is 5.32 Å². The second-order valence-corrected chi connectivity index (χ2v) is 5.52. The van der Waals surface area contributed by atoms with Crippen LogP contribution in [0.3, 0.4) is 0 Å². The van der Waals surface area contributed by atoms with E-state index in [-0.39, 0.29) is 37.7 Å². The number of carbonyl (C=O) groups excluding carboxylic acids is 1. The van der Waals surface area contributed by atoms with Crippen molar-refractivity contribution in [1.29, 1.82) is 0 Å². The van der Waals surface area contributed by atoms with Crippen molar-refractivity contribution in [2.24, 2.45) is 11.8 Å². The van der Waals surface area contributed by atoms with E-state index >= 15 is 0 Å². The van der Waals surface area contributed by atoms with Gasteiger partial charge in [-0.25, -0.2) is 0 Å². The summed E-state index contributed by atoms with van der Waals surface area (Å²) in [4.78, 5) is 20.4. The van der Waals surface area contributed by atoms with Gasteiger partial charge in [0, 0.05) is 38.3 Å². The van der Waals surface area contributed by atoms with Crippen molar-refractivity contribution in [3.8, 4) is 0 Å². The average Bonchev–Trinajstić information content (AvgIpc) is 2.25. The Morgan fingerprint density at radius 2 is 2.00 bits per heavy atom. The van der Waals surface area contributed by atoms with Gasteiger partial charge in [0.15, 0.2) is 0 Å². The maximum atomic E-state index is 11.7. The molecule has 0 bridgehead atoms. The molecule has 2 N–H and O–H groups in total. The zero-order valence-electron chi connectivity index (χ0n) is 10.1. The molecule has 5 heteroatoms. The first kappa shape index (κ1) is 16.5. The van der Waals surface area contributed by atoms with E-state index in [0.29, 0.717) is 0 Å². The first-order valence-corrected chi connectivity index (χ1v) is 7.31. The van der Waals surface area contributed by atoms with Gasteiger partial charge in [-0.3, -0.25) is 4.79 Å². The summed E-state index contributed by atoms with van der Waals surface area (Å²) in [5.74, 6) is 1.28. The molecular weight excluding hydrogens is 251 g/mol. The fraction of sp³-hybridized carbons (Fsp3) is 0.909. The van der Waals surface area contributed by atoms with E-state index < -0.39 is 9.76 Å². The van der Waals surface area contributed by atoms with Gasteiger partial charge in [-0.1, -0.05) is 13.3 Å². The summed E-state index contributed by atoms with van der Waals surface area (Å²) in [6, 6.07) is 0.863. The topological polar surface area (TPSA) is 49.3 Å². The summed E-state index contributed by atoms with van der Waals surface area (Å²) in [5, 5.41) is 2.97. The average molecular weight is 273 g/mol. The van der Waals surface area contributed by atoms with Crippen LogP contribution in [0.25, 0.3) is 0 Å². The molecule has 16 heavy (non-hydrogen) atoms. The number of amides is 1. The quantitative estimate of drug-likeness (QED) is 0.582. The maximum absolute atomic E-state index is 11.7. The summed E-state index contributed by atoms with van der Waals surface area (Å²) in [6.45, 7) is 3.00. The van der Waals surface area contributed by atoms with Gasteiger partial charge in [0.1, 0.15) is 0 Å². The normalized spacial score (nSPS) is 24.6. The summed E-state index contributed by atoms with van der Waals surface area (Å²) in [7, 11) is -0.400. The summed E-state index contributed by atoms with van der Waals surface area (Å²) >= 11 is 0. The van der Waals surface area contributed by atoms with Crippen LogP contribution in [-0.4, -0.2) is 27.0 Å². The van der Waals surface area contributed by atoms with Crippen LogP contribution in [0, 0.1) is 11.8 Å². The number of carbonyl (C=O) groups is 1. The molecule has 1 rings (SSSR count). The Bertz CT molecular complexity index is 196. The van der Waals surface area contributed by atoms with Gasteiger partial charge in [-0.2, -0.15) is 6.04 Å². The van der Waals surface area contributed by atoms with Gasteiger partial charge < -0.3 is 10.1 Å². The molecular formula is C11H22NO2ScSi-. The van der Waals surface area contributed by atoms with E-state index in [2.05, 4.69) is 12.2 Å². The molecule has 0 aromatic carbocycles. The second-order valence-electron chi connectivity index (χ2n) is 4.57. The van der Waals surface area contributed by atoms with Crippen molar-refractivity contribution in [3.63, 3.8) is 0 Å². The van der Waals surface area contributed by atoms with Gasteiger partial charge >= 0.3 is 0 Å². The molecule has 1 aliphatic carbocycles. The van der Waals surface area contributed by atoms with E-state index in [1.54, 1.807) is 0 Å². The van der Waals surface area contributed by atoms with Crippen LogP contribution in [0.2, 0.25) is 6.04 Å². The third-order valence-corrected chi connectivity index (χ3v) is 3.86. The molecule has 1 saturated carbocycles. The predicted octanol–water partition coefficient (Wildman–Crippen LogP) is 1.08. The van der Waals surface area contributed by atoms with Gasteiger partial charge in [-0.15, -0.1) is 9.76 Å². The number of hydrogen-bond donors (Lipinski definition) is 2. The monoisotopic (exact) mass is 273 g/mol. The van der Waals surface area contributed by atoms with Gasteiger partial charge in [0.05, 0.1) is 0 Å². The van der Waals surface area contributed by atoms with E-state index in [0.717, 1.165) is 37.8 Å². The van der Waals surface area contributed by atoms with Crippen LogP contribution < -0.4 is 5.32 Å². The van der Waals surface area contributed by atoms with E-state index in [1.165, 1.54) is 12.8 Å². The Hall–Kier alpha value is 0.517. The molecule has 1 radical (unpaired) electrons. The van der Waals surface area contributed by atoms with Crippen molar-refractivity contribution in [2.75, 3.05) is 6.54 Å². The van der Waals surface area contributed by atoms with E-state index in [1.807, 2.05) is 0 Å². The smallest absolute Gasteiger partial charge is 0.223 e. The molecule has 0 aromatic rings. The first-order chi connectivity index (χ1) is 7.24. The molecule has 91 valence electrons. The minimum Gasteiger partial charge on any atom is -0.605 e. The van der Waals surface area contributed by atoms with E-state index in [9.17, 15) is 4.79 Å². The summed E-state index contributed by atoms with van der Waals surface area (Å²) < 4.78 is 0. The van der Waals surface area contributed by atoms with Crippen LogP contribution in [0.5, 0.6) is 0 Å². The number of hydrogen-bond acceptors (Lipinski definition) is 2. The van der Waals surface area contributed by atoms with Crippen molar-refractivity contribution in [3.05, 3.63) is 0 Å². The molecule has 0 atom stereocenters. The van der Waals surface area contributed by atoms with Crippen LogP contribution >= 0.6 is 0 Å². The molecule has 0 heterocycles. The molecule has 0 unspecified atom stereocenters. The van der Waals surface area contributed by atoms with Crippen molar-refractivity contribution < 1.29 is 35.4 Å². The first-order valence-electron chi connectivity index (χ1n) is 5.97. The van der Waals surface area contributed by atoms with Crippen LogP contribution in [-0.2, 0) is 30.6 Å². The fourth-order valence-electron chi connectivity index (χ4n) is 2.07. The molecule has 1 amide bonds. The minimum absolute atomic E-state index is 0. The summed E-state index contributed by atoms with van der Waals surface area (Å²) in [5.41, 5.74) is 0. The molecule has 0 spiro atoms. The molecule has 0 saturated heterocycles. The zero-order chi connectivity index (χ0) is 11.1. The van der Waals surface area contributed by atoms with Gasteiger partial charge in [0.2, 0.25) is 5.91 Å². The van der Waals surface area contributed by atoms with Crippen LogP contribution in [0.15, 0.2) is 0 Å². The summed E-state index contributed by atoms with van der Waals surface area (Å²) in [6.07, 6.45) is 5.41. The second kappa shape index (κ2) is 9.54. The third kappa shape index (κ3) is 6.30. The third-order valence-electron chi connectivity index (χ3n) is 3.20. The van der Waals surface area contributed by atoms with Crippen molar-refractivity contribution in [2.45, 2.75) is 45.1 Å². The molecule has 0 aliphatic heterocycles. The van der Waals surface area contributed by atoms with Crippen LogP contribution in [0.1, 0.15) is 39.0 Å². The largest absolute Gasteiger partial charge is 0.605 e. The van der Waals surface area contributed by atoms with Crippen molar-refractivity contribution >= 4 is 15.7 Å².